The summed E-state index contributed by atoms with van der Waals surface area (Å²) >= 11 is 0. The molecule has 1 aliphatic rings. The number of hydrogen-bond donors (Lipinski definition) is 1. The van der Waals surface area contributed by atoms with Crippen molar-refractivity contribution in [1.82, 2.24) is 10.2 Å². The van der Waals surface area contributed by atoms with Crippen LogP contribution in [0.3, 0.4) is 0 Å². The summed E-state index contributed by atoms with van der Waals surface area (Å²) in [5.41, 5.74) is 1.20. The molecule has 3 heteroatoms. The summed E-state index contributed by atoms with van der Waals surface area (Å²) in [7, 11) is 0. The van der Waals surface area contributed by atoms with Crippen molar-refractivity contribution in [2.24, 2.45) is 0 Å². The van der Waals surface area contributed by atoms with Gasteiger partial charge in [-0.2, -0.15) is 0 Å². The Hall–Kier alpha value is -1.35. The molecule has 14 heavy (non-hydrogen) atoms. The van der Waals surface area contributed by atoms with E-state index in [1.165, 1.54) is 5.56 Å². The van der Waals surface area contributed by atoms with E-state index in [9.17, 15) is 4.79 Å². The summed E-state index contributed by atoms with van der Waals surface area (Å²) in [6.07, 6.45) is 0.943. The zero-order valence-corrected chi connectivity index (χ0v) is 8.02. The summed E-state index contributed by atoms with van der Waals surface area (Å²) < 4.78 is 0. The summed E-state index contributed by atoms with van der Waals surface area (Å²) in [5.74, 6) is 0. The van der Waals surface area contributed by atoms with Crippen LogP contribution in [-0.4, -0.2) is 30.9 Å². The van der Waals surface area contributed by atoms with Crippen LogP contribution in [0.2, 0.25) is 0 Å². The number of rotatable bonds is 2. The molecular formula is C11H14N2O. The highest BCUT2D eigenvalue weighted by Crippen LogP contribution is 2.19. The van der Waals surface area contributed by atoms with Crippen LogP contribution >= 0.6 is 0 Å². The van der Waals surface area contributed by atoms with Gasteiger partial charge in [-0.15, -0.1) is 0 Å². The first-order valence-electron chi connectivity index (χ1n) is 4.88. The number of benzene rings is 1. The second-order valence-electron chi connectivity index (χ2n) is 3.47. The van der Waals surface area contributed by atoms with E-state index < -0.39 is 0 Å². The number of carbonyl (C=O) groups excluding carboxylic acids is 1. The molecule has 1 heterocycles. The van der Waals surface area contributed by atoms with E-state index in [4.69, 9.17) is 0 Å². The van der Waals surface area contributed by atoms with Crippen molar-refractivity contribution in [2.45, 2.75) is 6.04 Å². The molecule has 2 rings (SSSR count). The van der Waals surface area contributed by atoms with Crippen LogP contribution in [0.4, 0.5) is 0 Å². The average molecular weight is 190 g/mol. The van der Waals surface area contributed by atoms with E-state index >= 15 is 0 Å². The standard InChI is InChI=1S/C11H14N2O/c14-9-13-7-6-12-8-11(13)10-4-2-1-3-5-10/h1-5,9,11-12H,6-8H2/t11-/m1/s1. The highest BCUT2D eigenvalue weighted by atomic mass is 16.1. The fourth-order valence-electron chi connectivity index (χ4n) is 1.83. The second kappa shape index (κ2) is 4.24. The normalized spacial score (nSPS) is 22.0. The van der Waals surface area contributed by atoms with Crippen molar-refractivity contribution in [3.8, 4) is 0 Å². The van der Waals surface area contributed by atoms with Gasteiger partial charge in [-0.1, -0.05) is 30.3 Å². The van der Waals surface area contributed by atoms with Gasteiger partial charge in [-0.05, 0) is 5.56 Å². The predicted octanol–water partition coefficient (Wildman–Crippen LogP) is 0.789. The number of nitrogens with zero attached hydrogens (tertiary/aromatic N) is 1. The first-order chi connectivity index (χ1) is 6.92. The molecule has 0 bridgehead atoms. The second-order valence-corrected chi connectivity index (χ2v) is 3.47. The number of amides is 1. The van der Waals surface area contributed by atoms with Crippen molar-refractivity contribution in [3.05, 3.63) is 35.9 Å². The molecule has 0 unspecified atom stereocenters. The molecule has 1 atom stereocenters. The number of carbonyl (C=O) groups is 1. The Morgan fingerprint density at radius 1 is 1.36 bits per heavy atom. The lowest BCUT2D eigenvalue weighted by Crippen LogP contribution is -2.45. The zero-order valence-electron chi connectivity index (χ0n) is 8.02. The van der Waals surface area contributed by atoms with E-state index in [2.05, 4.69) is 17.4 Å². The van der Waals surface area contributed by atoms with Crippen LogP contribution in [0.1, 0.15) is 11.6 Å². The highest BCUT2D eigenvalue weighted by Gasteiger charge is 2.21. The summed E-state index contributed by atoms with van der Waals surface area (Å²) in [6.45, 7) is 2.54. The fourth-order valence-corrected chi connectivity index (χ4v) is 1.83. The van der Waals surface area contributed by atoms with Crippen LogP contribution in [0, 0.1) is 0 Å². The molecule has 1 aromatic carbocycles. The van der Waals surface area contributed by atoms with Gasteiger partial charge in [-0.25, -0.2) is 0 Å². The fraction of sp³-hybridized carbons (Fsp3) is 0.364. The monoisotopic (exact) mass is 190 g/mol. The van der Waals surface area contributed by atoms with Gasteiger partial charge >= 0.3 is 0 Å². The maximum absolute atomic E-state index is 10.8. The highest BCUT2D eigenvalue weighted by molar-refractivity contribution is 5.49. The maximum atomic E-state index is 10.8. The smallest absolute Gasteiger partial charge is 0.210 e. The molecule has 74 valence electrons. The lowest BCUT2D eigenvalue weighted by molar-refractivity contribution is -0.121. The Bertz CT molecular complexity index is 299. The van der Waals surface area contributed by atoms with Gasteiger partial charge in [0, 0.05) is 19.6 Å². The van der Waals surface area contributed by atoms with Crippen molar-refractivity contribution in [2.75, 3.05) is 19.6 Å². The summed E-state index contributed by atoms with van der Waals surface area (Å²) in [4.78, 5) is 12.7. The van der Waals surface area contributed by atoms with Gasteiger partial charge < -0.3 is 10.2 Å². The lowest BCUT2D eigenvalue weighted by atomic mass is 10.0. The molecule has 1 aliphatic heterocycles. The molecule has 1 N–H and O–H groups in total. The van der Waals surface area contributed by atoms with Crippen LogP contribution in [-0.2, 0) is 4.79 Å². The first kappa shape index (κ1) is 9.21. The van der Waals surface area contributed by atoms with Crippen LogP contribution in [0.25, 0.3) is 0 Å². The third-order valence-electron chi connectivity index (χ3n) is 2.60. The molecule has 1 aromatic rings. The Balaban J connectivity index is 2.19. The van der Waals surface area contributed by atoms with E-state index in [1.807, 2.05) is 23.1 Å². The van der Waals surface area contributed by atoms with Gasteiger partial charge in [0.05, 0.1) is 6.04 Å². The van der Waals surface area contributed by atoms with E-state index in [0.29, 0.717) is 0 Å². The van der Waals surface area contributed by atoms with Gasteiger partial charge in [0.15, 0.2) is 0 Å². The van der Waals surface area contributed by atoms with E-state index in [1.54, 1.807) is 0 Å². The van der Waals surface area contributed by atoms with E-state index in [0.717, 1.165) is 26.0 Å². The Morgan fingerprint density at radius 2 is 2.14 bits per heavy atom. The average Bonchev–Trinajstić information content (AvgIpc) is 2.30. The molecule has 0 saturated carbocycles. The van der Waals surface area contributed by atoms with Gasteiger partial charge in [-0.3, -0.25) is 4.79 Å². The Labute approximate surface area is 83.7 Å². The minimum atomic E-state index is 0.197. The third kappa shape index (κ3) is 1.77. The van der Waals surface area contributed by atoms with Gasteiger partial charge in [0.25, 0.3) is 0 Å². The van der Waals surface area contributed by atoms with Crippen molar-refractivity contribution >= 4 is 6.41 Å². The molecule has 1 saturated heterocycles. The number of piperazine rings is 1. The molecule has 3 nitrogen and oxygen atoms in total. The maximum Gasteiger partial charge on any atom is 0.210 e. The molecular weight excluding hydrogens is 176 g/mol. The predicted molar refractivity (Wildman–Crippen MR) is 54.8 cm³/mol. The third-order valence-corrected chi connectivity index (χ3v) is 2.60. The SMILES string of the molecule is O=CN1CCNC[C@@H]1c1ccccc1. The molecule has 0 radical (unpaired) electrons. The minimum absolute atomic E-state index is 0.197. The quantitative estimate of drug-likeness (QED) is 0.699. The van der Waals surface area contributed by atoms with Gasteiger partial charge in [0.2, 0.25) is 6.41 Å². The molecule has 1 fully saturated rings. The Morgan fingerprint density at radius 3 is 2.86 bits per heavy atom. The lowest BCUT2D eigenvalue weighted by Gasteiger charge is -2.33. The molecule has 0 aliphatic carbocycles. The van der Waals surface area contributed by atoms with Crippen LogP contribution in [0.15, 0.2) is 30.3 Å². The zero-order chi connectivity index (χ0) is 9.80. The summed E-state index contributed by atoms with van der Waals surface area (Å²) in [6, 6.07) is 10.3. The Kier molecular flexibility index (Phi) is 2.79. The van der Waals surface area contributed by atoms with Crippen molar-refractivity contribution in [1.29, 1.82) is 0 Å². The first-order valence-corrected chi connectivity index (χ1v) is 4.88. The molecule has 1 amide bonds. The van der Waals surface area contributed by atoms with Crippen LogP contribution < -0.4 is 5.32 Å². The topological polar surface area (TPSA) is 32.3 Å². The molecule has 0 spiro atoms. The van der Waals surface area contributed by atoms with Gasteiger partial charge in [0.1, 0.15) is 0 Å². The van der Waals surface area contributed by atoms with Crippen LogP contribution in [0.5, 0.6) is 0 Å². The number of nitrogens with one attached hydrogen (secondary N) is 1. The largest absolute Gasteiger partial charge is 0.336 e. The minimum Gasteiger partial charge on any atom is -0.336 e. The van der Waals surface area contributed by atoms with Crippen molar-refractivity contribution in [3.63, 3.8) is 0 Å². The molecule has 0 aromatic heterocycles. The summed E-state index contributed by atoms with van der Waals surface area (Å²) in [5, 5.41) is 3.30. The van der Waals surface area contributed by atoms with E-state index in [-0.39, 0.29) is 6.04 Å². The number of hydrogen-bond acceptors (Lipinski definition) is 2. The van der Waals surface area contributed by atoms with Crippen molar-refractivity contribution < 1.29 is 4.79 Å².